The fourth-order valence-corrected chi connectivity index (χ4v) is 3.13. The lowest BCUT2D eigenvalue weighted by Gasteiger charge is -2.14. The van der Waals surface area contributed by atoms with Crippen LogP contribution in [0.5, 0.6) is 11.5 Å². The molecular weight excluding hydrogens is 376 g/mol. The van der Waals surface area contributed by atoms with Gasteiger partial charge in [-0.3, -0.25) is 4.79 Å². The molecule has 2 N–H and O–H groups in total. The second-order valence-corrected chi connectivity index (χ2v) is 7.36. The van der Waals surface area contributed by atoms with E-state index in [1.54, 1.807) is 7.11 Å². The van der Waals surface area contributed by atoms with Crippen LogP contribution in [-0.4, -0.2) is 19.6 Å². The van der Waals surface area contributed by atoms with Gasteiger partial charge in [-0.2, -0.15) is 0 Å². The molecule has 0 saturated carbocycles. The summed E-state index contributed by atoms with van der Waals surface area (Å²) >= 11 is 0. The maximum Gasteiger partial charge on any atom is 0.262 e. The molecule has 5 heteroatoms. The number of aryl methyl sites for hydroxylation is 3. The summed E-state index contributed by atoms with van der Waals surface area (Å²) in [6.45, 7) is 6.71. The highest BCUT2D eigenvalue weighted by Crippen LogP contribution is 2.29. The highest BCUT2D eigenvalue weighted by Gasteiger charge is 2.10. The molecule has 156 valence electrons. The molecular formula is C25H28N2O3. The average molecular weight is 405 g/mol. The number of benzene rings is 3. The number of hydrogen-bond acceptors (Lipinski definition) is 4. The molecule has 30 heavy (non-hydrogen) atoms. The molecule has 0 aliphatic carbocycles. The van der Waals surface area contributed by atoms with Gasteiger partial charge >= 0.3 is 0 Å². The third-order valence-corrected chi connectivity index (χ3v) is 4.76. The van der Waals surface area contributed by atoms with Crippen LogP contribution in [0.25, 0.3) is 0 Å². The monoisotopic (exact) mass is 404 g/mol. The molecule has 3 aromatic rings. The van der Waals surface area contributed by atoms with E-state index in [-0.39, 0.29) is 12.5 Å². The van der Waals surface area contributed by atoms with Crippen LogP contribution in [0.2, 0.25) is 0 Å². The average Bonchev–Trinajstić information content (AvgIpc) is 2.73. The van der Waals surface area contributed by atoms with Crippen molar-refractivity contribution in [2.75, 3.05) is 24.4 Å². The Morgan fingerprint density at radius 1 is 0.900 bits per heavy atom. The van der Waals surface area contributed by atoms with Crippen molar-refractivity contribution in [1.29, 1.82) is 0 Å². The van der Waals surface area contributed by atoms with Gasteiger partial charge in [0.15, 0.2) is 18.1 Å². The van der Waals surface area contributed by atoms with E-state index >= 15 is 0 Å². The van der Waals surface area contributed by atoms with E-state index in [1.807, 2.05) is 49.4 Å². The molecule has 0 unspecified atom stereocenters. The standard InChI is InChI=1S/C25H28N2O3/c1-17-6-5-7-21(12-17)27-25(28)16-30-23-11-10-20(14-24(23)29-4)15-26-22-13-18(2)8-9-19(22)3/h5-14,26H,15-16H2,1-4H3,(H,27,28). The lowest BCUT2D eigenvalue weighted by atomic mass is 10.1. The van der Waals surface area contributed by atoms with Crippen molar-refractivity contribution in [3.63, 3.8) is 0 Å². The lowest BCUT2D eigenvalue weighted by molar-refractivity contribution is -0.118. The molecule has 0 saturated heterocycles. The van der Waals surface area contributed by atoms with Gasteiger partial charge in [-0.1, -0.05) is 30.3 Å². The molecule has 0 heterocycles. The van der Waals surface area contributed by atoms with Gasteiger partial charge in [-0.05, 0) is 73.4 Å². The molecule has 0 aromatic heterocycles. The van der Waals surface area contributed by atoms with Gasteiger partial charge in [-0.25, -0.2) is 0 Å². The first kappa shape index (κ1) is 21.2. The zero-order valence-corrected chi connectivity index (χ0v) is 17.9. The molecule has 5 nitrogen and oxygen atoms in total. The van der Waals surface area contributed by atoms with E-state index in [0.717, 1.165) is 22.5 Å². The minimum atomic E-state index is -0.219. The fraction of sp³-hybridized carbons (Fsp3) is 0.240. The molecule has 0 bridgehead atoms. The van der Waals surface area contributed by atoms with Gasteiger partial charge in [0.1, 0.15) is 0 Å². The first-order valence-corrected chi connectivity index (χ1v) is 9.92. The van der Waals surface area contributed by atoms with Crippen LogP contribution < -0.4 is 20.1 Å². The number of amides is 1. The van der Waals surface area contributed by atoms with Gasteiger partial charge in [-0.15, -0.1) is 0 Å². The second kappa shape index (κ2) is 9.83. The zero-order valence-electron chi connectivity index (χ0n) is 17.9. The smallest absolute Gasteiger partial charge is 0.262 e. The number of hydrogen-bond donors (Lipinski definition) is 2. The Bertz CT molecular complexity index is 1030. The summed E-state index contributed by atoms with van der Waals surface area (Å²) in [6.07, 6.45) is 0. The number of nitrogens with one attached hydrogen (secondary N) is 2. The Balaban J connectivity index is 1.59. The van der Waals surface area contributed by atoms with Crippen LogP contribution in [-0.2, 0) is 11.3 Å². The third-order valence-electron chi connectivity index (χ3n) is 4.76. The van der Waals surface area contributed by atoms with Crippen molar-refractivity contribution in [3.8, 4) is 11.5 Å². The van der Waals surface area contributed by atoms with Crippen molar-refractivity contribution >= 4 is 17.3 Å². The number of carbonyl (C=O) groups is 1. The van der Waals surface area contributed by atoms with Crippen LogP contribution in [0.1, 0.15) is 22.3 Å². The van der Waals surface area contributed by atoms with Gasteiger partial charge in [0.25, 0.3) is 5.91 Å². The summed E-state index contributed by atoms with van der Waals surface area (Å²) in [5.74, 6) is 0.911. The summed E-state index contributed by atoms with van der Waals surface area (Å²) in [5.41, 5.74) is 6.43. The van der Waals surface area contributed by atoms with E-state index in [2.05, 4.69) is 42.7 Å². The Kier molecular flexibility index (Phi) is 6.96. The first-order chi connectivity index (χ1) is 14.4. The predicted molar refractivity (Wildman–Crippen MR) is 122 cm³/mol. The summed E-state index contributed by atoms with van der Waals surface area (Å²) in [7, 11) is 1.59. The normalized spacial score (nSPS) is 10.4. The van der Waals surface area contributed by atoms with Crippen molar-refractivity contribution < 1.29 is 14.3 Å². The van der Waals surface area contributed by atoms with E-state index in [9.17, 15) is 4.79 Å². The number of anilines is 2. The highest BCUT2D eigenvalue weighted by molar-refractivity contribution is 5.92. The summed E-state index contributed by atoms with van der Waals surface area (Å²) < 4.78 is 11.2. The molecule has 3 rings (SSSR count). The first-order valence-electron chi connectivity index (χ1n) is 9.92. The van der Waals surface area contributed by atoms with Crippen molar-refractivity contribution in [2.45, 2.75) is 27.3 Å². The van der Waals surface area contributed by atoms with E-state index in [1.165, 1.54) is 11.1 Å². The zero-order chi connectivity index (χ0) is 21.5. The summed E-state index contributed by atoms with van der Waals surface area (Å²) in [5, 5.41) is 6.30. The highest BCUT2D eigenvalue weighted by atomic mass is 16.5. The van der Waals surface area contributed by atoms with E-state index < -0.39 is 0 Å². The molecule has 1 amide bonds. The SMILES string of the molecule is COc1cc(CNc2cc(C)ccc2C)ccc1OCC(=O)Nc1cccc(C)c1. The molecule has 0 atom stereocenters. The maximum absolute atomic E-state index is 12.2. The Labute approximate surface area is 178 Å². The molecule has 3 aromatic carbocycles. The molecule has 0 spiro atoms. The minimum Gasteiger partial charge on any atom is -0.493 e. The largest absolute Gasteiger partial charge is 0.493 e. The second-order valence-electron chi connectivity index (χ2n) is 7.36. The number of methoxy groups -OCH3 is 1. The van der Waals surface area contributed by atoms with Crippen LogP contribution in [0.15, 0.2) is 60.7 Å². The Hall–Kier alpha value is -3.47. The molecule has 0 aliphatic heterocycles. The molecule has 0 fully saturated rings. The van der Waals surface area contributed by atoms with Crippen molar-refractivity contribution in [1.82, 2.24) is 0 Å². The molecule has 0 radical (unpaired) electrons. The Morgan fingerprint density at radius 2 is 1.70 bits per heavy atom. The van der Waals surface area contributed by atoms with Crippen molar-refractivity contribution in [2.24, 2.45) is 0 Å². The third kappa shape index (κ3) is 5.77. The molecule has 0 aliphatic rings. The van der Waals surface area contributed by atoms with Gasteiger partial charge in [0.2, 0.25) is 0 Å². The summed E-state index contributed by atoms with van der Waals surface area (Å²) in [4.78, 5) is 12.2. The predicted octanol–water partition coefficient (Wildman–Crippen LogP) is 5.25. The van der Waals surface area contributed by atoms with Crippen LogP contribution in [0.4, 0.5) is 11.4 Å². The Morgan fingerprint density at radius 3 is 2.47 bits per heavy atom. The van der Waals surface area contributed by atoms with Crippen LogP contribution in [0.3, 0.4) is 0 Å². The van der Waals surface area contributed by atoms with Gasteiger partial charge in [0.05, 0.1) is 7.11 Å². The lowest BCUT2D eigenvalue weighted by Crippen LogP contribution is -2.20. The fourth-order valence-electron chi connectivity index (χ4n) is 3.13. The van der Waals surface area contributed by atoms with Crippen molar-refractivity contribution in [3.05, 3.63) is 82.9 Å². The quantitative estimate of drug-likeness (QED) is 0.538. The van der Waals surface area contributed by atoms with E-state index in [4.69, 9.17) is 9.47 Å². The van der Waals surface area contributed by atoms with Crippen LogP contribution in [0, 0.1) is 20.8 Å². The van der Waals surface area contributed by atoms with Gasteiger partial charge < -0.3 is 20.1 Å². The van der Waals surface area contributed by atoms with Crippen LogP contribution >= 0.6 is 0 Å². The number of carbonyl (C=O) groups excluding carboxylic acids is 1. The van der Waals surface area contributed by atoms with E-state index in [0.29, 0.717) is 18.0 Å². The summed E-state index contributed by atoms with van der Waals surface area (Å²) in [6, 6.07) is 19.7. The number of rotatable bonds is 8. The topological polar surface area (TPSA) is 59.6 Å². The maximum atomic E-state index is 12.2. The van der Waals surface area contributed by atoms with Gasteiger partial charge in [0, 0.05) is 17.9 Å². The minimum absolute atomic E-state index is 0.0929. The number of ether oxygens (including phenoxy) is 2.